The zero-order valence-electron chi connectivity index (χ0n) is 16.4. The molecule has 1 N–H and O–H groups in total. The van der Waals surface area contributed by atoms with E-state index < -0.39 is 10.8 Å². The molecule has 0 amide bonds. The normalized spacial score (nSPS) is 12.6. The van der Waals surface area contributed by atoms with Gasteiger partial charge in [0, 0.05) is 17.3 Å². The molecule has 27 heavy (non-hydrogen) atoms. The van der Waals surface area contributed by atoms with Crippen LogP contribution in [0.3, 0.4) is 0 Å². The van der Waals surface area contributed by atoms with Gasteiger partial charge in [0.2, 0.25) is 0 Å². The molecule has 0 bridgehead atoms. The number of nitrogens with zero attached hydrogens (tertiary/aromatic N) is 2. The van der Waals surface area contributed by atoms with Crippen LogP contribution in [0.15, 0.2) is 35.6 Å². The molecule has 0 spiro atoms. The second-order valence-corrected chi connectivity index (χ2v) is 8.25. The summed E-state index contributed by atoms with van der Waals surface area (Å²) in [6.45, 7) is 9.07. The second-order valence-electron chi connectivity index (χ2n) is 6.88. The first kappa shape index (κ1) is 19.5. The number of benzene rings is 1. The van der Waals surface area contributed by atoms with E-state index in [1.165, 1.54) is 0 Å². The summed E-state index contributed by atoms with van der Waals surface area (Å²) in [7, 11) is -1.29. The lowest BCUT2D eigenvalue weighted by Crippen LogP contribution is -2.13. The smallest absolute Gasteiger partial charge is 0.197 e. The van der Waals surface area contributed by atoms with Crippen LogP contribution in [0.1, 0.15) is 43.5 Å². The Morgan fingerprint density at radius 2 is 1.93 bits per heavy atom. The van der Waals surface area contributed by atoms with Crippen LogP contribution in [0.4, 0.5) is 0 Å². The number of hydrogen-bond donors (Lipinski definition) is 1. The molecule has 0 radical (unpaired) electrons. The number of ether oxygens (including phenoxy) is 1. The number of pyridine rings is 1. The Bertz CT molecular complexity index is 915. The summed E-state index contributed by atoms with van der Waals surface area (Å²) < 4.78 is 19.0. The third-order valence-corrected chi connectivity index (χ3v) is 6.18. The molecule has 1 unspecified atom stereocenters. The van der Waals surface area contributed by atoms with E-state index in [-0.39, 0.29) is 0 Å². The standard InChI is InChI=1S/C21H27N3O2S/c1-5-16(6-2)12-26-20-14(3)11-22-19(15(20)4)13-27(25)21-23-17-9-7-8-10-18(17)24-21/h7-11,16H,5-6,12-13H2,1-4H3,(H,23,24). The summed E-state index contributed by atoms with van der Waals surface area (Å²) in [4.78, 5) is 12.1. The van der Waals surface area contributed by atoms with Crippen LogP contribution in [0.5, 0.6) is 5.75 Å². The number of imidazole rings is 1. The van der Waals surface area contributed by atoms with E-state index in [1.807, 2.05) is 38.1 Å². The van der Waals surface area contributed by atoms with Crippen molar-refractivity contribution in [2.24, 2.45) is 5.92 Å². The maximum absolute atomic E-state index is 12.8. The zero-order valence-corrected chi connectivity index (χ0v) is 17.2. The van der Waals surface area contributed by atoms with Gasteiger partial charge in [-0.1, -0.05) is 38.8 Å². The molecule has 0 aliphatic heterocycles. The van der Waals surface area contributed by atoms with E-state index in [2.05, 4.69) is 28.8 Å². The van der Waals surface area contributed by atoms with Gasteiger partial charge in [0.15, 0.2) is 5.16 Å². The van der Waals surface area contributed by atoms with Crippen LogP contribution in [-0.4, -0.2) is 25.8 Å². The number of H-pyrrole nitrogens is 1. The molecule has 3 rings (SSSR count). The monoisotopic (exact) mass is 385 g/mol. The van der Waals surface area contributed by atoms with Crippen molar-refractivity contribution in [1.82, 2.24) is 15.0 Å². The Hall–Kier alpha value is -2.21. The van der Waals surface area contributed by atoms with Crippen molar-refractivity contribution in [3.05, 3.63) is 47.3 Å². The van der Waals surface area contributed by atoms with Crippen molar-refractivity contribution in [2.75, 3.05) is 6.61 Å². The highest BCUT2D eigenvalue weighted by Gasteiger charge is 2.17. The predicted molar refractivity (Wildman–Crippen MR) is 109 cm³/mol. The molecule has 1 aromatic carbocycles. The number of hydrogen-bond acceptors (Lipinski definition) is 4. The van der Waals surface area contributed by atoms with Gasteiger partial charge < -0.3 is 9.72 Å². The van der Waals surface area contributed by atoms with Crippen LogP contribution < -0.4 is 4.74 Å². The maximum atomic E-state index is 12.8. The summed E-state index contributed by atoms with van der Waals surface area (Å²) in [5.74, 6) is 1.73. The number of aromatic amines is 1. The third-order valence-electron chi connectivity index (χ3n) is 5.01. The summed E-state index contributed by atoms with van der Waals surface area (Å²) >= 11 is 0. The number of aryl methyl sites for hydroxylation is 1. The molecule has 0 fully saturated rings. The van der Waals surface area contributed by atoms with Crippen LogP contribution in [-0.2, 0) is 16.6 Å². The molecular weight excluding hydrogens is 358 g/mol. The Morgan fingerprint density at radius 3 is 2.63 bits per heavy atom. The lowest BCUT2D eigenvalue weighted by molar-refractivity contribution is 0.237. The molecule has 0 aliphatic carbocycles. The Morgan fingerprint density at radius 1 is 1.19 bits per heavy atom. The number of nitrogens with one attached hydrogen (secondary N) is 1. The number of aromatic nitrogens is 3. The average Bonchev–Trinajstić information content (AvgIpc) is 3.11. The summed E-state index contributed by atoms with van der Waals surface area (Å²) in [6, 6.07) is 7.70. The van der Waals surface area contributed by atoms with E-state index in [4.69, 9.17) is 4.74 Å². The Labute approximate surface area is 163 Å². The van der Waals surface area contributed by atoms with Gasteiger partial charge in [0.25, 0.3) is 0 Å². The molecule has 5 nitrogen and oxygen atoms in total. The fraction of sp³-hybridized carbons (Fsp3) is 0.429. The minimum Gasteiger partial charge on any atom is -0.493 e. The summed E-state index contributed by atoms with van der Waals surface area (Å²) in [6.07, 6.45) is 4.01. The molecule has 6 heteroatoms. The lowest BCUT2D eigenvalue weighted by atomic mass is 10.1. The minimum absolute atomic E-state index is 0.313. The van der Waals surface area contributed by atoms with Crippen LogP contribution in [0, 0.1) is 19.8 Å². The van der Waals surface area contributed by atoms with Crippen molar-refractivity contribution in [3.63, 3.8) is 0 Å². The predicted octanol–water partition coefficient (Wildman–Crippen LogP) is 4.70. The third kappa shape index (κ3) is 4.38. The molecule has 2 aromatic heterocycles. The van der Waals surface area contributed by atoms with Gasteiger partial charge in [-0.25, -0.2) is 4.98 Å². The van der Waals surface area contributed by atoms with Gasteiger partial charge in [-0.05, 0) is 31.9 Å². The number of rotatable bonds is 8. The Kier molecular flexibility index (Phi) is 6.26. The first-order valence-electron chi connectivity index (χ1n) is 9.44. The molecule has 2 heterocycles. The van der Waals surface area contributed by atoms with Crippen molar-refractivity contribution in [3.8, 4) is 5.75 Å². The minimum atomic E-state index is -1.29. The summed E-state index contributed by atoms with van der Waals surface area (Å²) in [5.41, 5.74) is 4.48. The van der Waals surface area contributed by atoms with Crippen LogP contribution >= 0.6 is 0 Å². The molecule has 144 valence electrons. The largest absolute Gasteiger partial charge is 0.493 e. The van der Waals surface area contributed by atoms with Gasteiger partial charge in [-0.15, -0.1) is 0 Å². The first-order valence-corrected chi connectivity index (χ1v) is 10.8. The lowest BCUT2D eigenvalue weighted by Gasteiger charge is -2.18. The van der Waals surface area contributed by atoms with Gasteiger partial charge in [0.1, 0.15) is 5.75 Å². The van der Waals surface area contributed by atoms with Crippen LogP contribution in [0.2, 0.25) is 0 Å². The van der Waals surface area contributed by atoms with Crippen molar-refractivity contribution in [2.45, 2.75) is 51.4 Å². The van der Waals surface area contributed by atoms with Crippen molar-refractivity contribution in [1.29, 1.82) is 0 Å². The van der Waals surface area contributed by atoms with E-state index >= 15 is 0 Å². The van der Waals surface area contributed by atoms with Gasteiger partial charge >= 0.3 is 0 Å². The Balaban J connectivity index is 1.80. The molecular formula is C21H27N3O2S. The molecule has 0 saturated heterocycles. The van der Waals surface area contributed by atoms with Gasteiger partial charge in [-0.3, -0.25) is 9.19 Å². The fourth-order valence-corrected chi connectivity index (χ4v) is 4.18. The highest BCUT2D eigenvalue weighted by Crippen LogP contribution is 2.27. The highest BCUT2D eigenvalue weighted by molar-refractivity contribution is 7.84. The number of para-hydroxylation sites is 2. The average molecular weight is 386 g/mol. The first-order chi connectivity index (χ1) is 13.0. The van der Waals surface area contributed by atoms with E-state index in [1.54, 1.807) is 6.20 Å². The molecule has 1 atom stereocenters. The van der Waals surface area contributed by atoms with E-state index in [9.17, 15) is 4.21 Å². The maximum Gasteiger partial charge on any atom is 0.197 e. The second kappa shape index (κ2) is 8.65. The van der Waals surface area contributed by atoms with Gasteiger partial charge in [-0.2, -0.15) is 0 Å². The van der Waals surface area contributed by atoms with Crippen molar-refractivity contribution < 1.29 is 8.95 Å². The topological polar surface area (TPSA) is 67.9 Å². The molecule has 3 aromatic rings. The van der Waals surface area contributed by atoms with E-state index in [0.29, 0.717) is 23.4 Å². The fourth-order valence-electron chi connectivity index (χ4n) is 3.08. The quantitative estimate of drug-likeness (QED) is 0.610. The summed E-state index contributed by atoms with van der Waals surface area (Å²) in [5, 5.41) is 0.484. The molecule has 0 saturated carbocycles. The number of fused-ring (bicyclic) bond motifs is 1. The van der Waals surface area contributed by atoms with E-state index in [0.717, 1.165) is 46.4 Å². The molecule has 0 aliphatic rings. The van der Waals surface area contributed by atoms with Crippen LogP contribution in [0.25, 0.3) is 11.0 Å². The van der Waals surface area contributed by atoms with Gasteiger partial charge in [0.05, 0.1) is 39.9 Å². The SMILES string of the molecule is CCC(CC)COc1c(C)cnc(CS(=O)c2nc3ccccc3[nH]2)c1C. The highest BCUT2D eigenvalue weighted by atomic mass is 32.2. The zero-order chi connectivity index (χ0) is 19.4. The van der Waals surface area contributed by atoms with Crippen molar-refractivity contribution >= 4 is 21.8 Å².